The molecule has 2 aromatic carbocycles. The highest BCUT2D eigenvalue weighted by atomic mass is 16.3. The molecule has 5 aromatic rings. The normalized spacial score (nSPS) is 12.1. The average Bonchev–Trinajstić information content (AvgIpc) is 3.32. The Bertz CT molecular complexity index is 1790. The number of nitrogens with one attached hydrogen (secondary N) is 1. The SMILES string of the molecule is C[C@H](Nc1nccc(N)c1-c1nnn(C)n1)c1nc2cccc(C#CC(C)(C)O)c2c(=O)n1-c1ccccc1. The van der Waals surface area contributed by atoms with Crippen molar-refractivity contribution in [3.05, 3.63) is 82.5 Å². The number of anilines is 2. The van der Waals surface area contributed by atoms with Gasteiger partial charge in [-0.05, 0) is 56.3 Å². The summed E-state index contributed by atoms with van der Waals surface area (Å²) in [5.74, 6) is 6.95. The number of aryl methyl sites for hydroxylation is 1. The van der Waals surface area contributed by atoms with E-state index in [0.717, 1.165) is 0 Å². The molecular formula is C28H27N9O2. The van der Waals surface area contributed by atoms with Gasteiger partial charge in [0.15, 0.2) is 0 Å². The molecule has 0 aliphatic rings. The fourth-order valence-electron chi connectivity index (χ4n) is 4.16. The van der Waals surface area contributed by atoms with E-state index in [0.29, 0.717) is 50.9 Å². The molecule has 0 unspecified atom stereocenters. The third kappa shape index (κ3) is 5.18. The summed E-state index contributed by atoms with van der Waals surface area (Å²) in [6.45, 7) is 5.06. The van der Waals surface area contributed by atoms with Gasteiger partial charge in [-0.2, -0.15) is 4.80 Å². The van der Waals surface area contributed by atoms with Crippen molar-refractivity contribution in [3.63, 3.8) is 0 Å². The zero-order valence-corrected chi connectivity index (χ0v) is 21.9. The van der Waals surface area contributed by atoms with Crippen LogP contribution in [-0.2, 0) is 7.05 Å². The molecule has 0 radical (unpaired) electrons. The fourth-order valence-corrected chi connectivity index (χ4v) is 4.16. The number of pyridine rings is 1. The van der Waals surface area contributed by atoms with Gasteiger partial charge in [0.2, 0.25) is 5.82 Å². The molecular weight excluding hydrogens is 494 g/mol. The van der Waals surface area contributed by atoms with Crippen LogP contribution >= 0.6 is 0 Å². The Labute approximate surface area is 224 Å². The average molecular weight is 522 g/mol. The number of tetrazole rings is 1. The summed E-state index contributed by atoms with van der Waals surface area (Å²) >= 11 is 0. The highest BCUT2D eigenvalue weighted by Gasteiger charge is 2.23. The maximum atomic E-state index is 14.1. The van der Waals surface area contributed by atoms with Gasteiger partial charge in [-0.3, -0.25) is 9.36 Å². The van der Waals surface area contributed by atoms with Crippen LogP contribution in [0.2, 0.25) is 0 Å². The third-order valence-electron chi connectivity index (χ3n) is 5.90. The minimum atomic E-state index is -1.22. The number of rotatable bonds is 5. The lowest BCUT2D eigenvalue weighted by atomic mass is 10.1. The Morgan fingerprint density at radius 3 is 2.56 bits per heavy atom. The molecule has 0 saturated carbocycles. The number of nitrogen functional groups attached to an aromatic ring is 1. The van der Waals surface area contributed by atoms with Gasteiger partial charge in [-0.1, -0.05) is 36.1 Å². The van der Waals surface area contributed by atoms with E-state index in [1.807, 2.05) is 37.3 Å². The molecule has 0 bridgehead atoms. The summed E-state index contributed by atoms with van der Waals surface area (Å²) in [6, 6.07) is 15.7. The smallest absolute Gasteiger partial charge is 0.267 e. The summed E-state index contributed by atoms with van der Waals surface area (Å²) in [4.78, 5) is 24.8. The molecule has 0 amide bonds. The van der Waals surface area contributed by atoms with Crippen molar-refractivity contribution in [3.8, 4) is 28.9 Å². The molecule has 0 saturated heterocycles. The zero-order chi connectivity index (χ0) is 27.7. The number of benzene rings is 2. The van der Waals surface area contributed by atoms with E-state index in [4.69, 9.17) is 10.7 Å². The maximum absolute atomic E-state index is 14.1. The van der Waals surface area contributed by atoms with Crippen molar-refractivity contribution in [2.45, 2.75) is 32.4 Å². The minimum absolute atomic E-state index is 0.285. The van der Waals surface area contributed by atoms with Gasteiger partial charge in [0, 0.05) is 17.4 Å². The van der Waals surface area contributed by atoms with E-state index < -0.39 is 11.6 Å². The number of para-hydroxylation sites is 1. The van der Waals surface area contributed by atoms with Crippen molar-refractivity contribution in [2.75, 3.05) is 11.1 Å². The Balaban J connectivity index is 1.69. The van der Waals surface area contributed by atoms with E-state index in [-0.39, 0.29) is 5.56 Å². The standard InChI is InChI=1S/C28H27N9O2/c1-17(31-24-23(20(29)14-16-30-24)25-33-35-36(4)34-25)26-32-21-12-8-9-18(13-15-28(2,3)39)22(21)27(38)37(26)19-10-6-5-7-11-19/h5-12,14,16-17,39H,1-4H3,(H3,29,30,31)/t17-/m0/s1. The Morgan fingerprint density at radius 2 is 1.87 bits per heavy atom. The fraction of sp³-hybridized carbons (Fsp3) is 0.214. The molecule has 5 rings (SSSR count). The van der Waals surface area contributed by atoms with E-state index >= 15 is 0 Å². The van der Waals surface area contributed by atoms with Crippen LogP contribution in [-0.4, -0.2) is 45.4 Å². The van der Waals surface area contributed by atoms with Crippen molar-refractivity contribution >= 4 is 22.4 Å². The predicted molar refractivity (Wildman–Crippen MR) is 149 cm³/mol. The molecule has 0 aliphatic carbocycles. The lowest BCUT2D eigenvalue weighted by Crippen LogP contribution is -2.28. The van der Waals surface area contributed by atoms with Gasteiger partial charge in [0.05, 0.1) is 35.2 Å². The molecule has 0 aliphatic heterocycles. The van der Waals surface area contributed by atoms with Crippen LogP contribution in [0.5, 0.6) is 0 Å². The Kier molecular flexibility index (Phi) is 6.55. The molecule has 3 aromatic heterocycles. The molecule has 1 atom stereocenters. The van der Waals surface area contributed by atoms with E-state index in [2.05, 4.69) is 37.6 Å². The summed E-state index contributed by atoms with van der Waals surface area (Å²) in [5.41, 5.74) is 7.30. The molecule has 4 N–H and O–H groups in total. The summed E-state index contributed by atoms with van der Waals surface area (Å²) in [5, 5.41) is 26.1. The second-order valence-corrected chi connectivity index (χ2v) is 9.55. The lowest BCUT2D eigenvalue weighted by Gasteiger charge is -2.21. The summed E-state index contributed by atoms with van der Waals surface area (Å²) < 4.78 is 1.56. The first-order chi connectivity index (χ1) is 18.6. The predicted octanol–water partition coefficient (Wildman–Crippen LogP) is 2.85. The van der Waals surface area contributed by atoms with E-state index in [1.165, 1.54) is 4.80 Å². The number of aromatic nitrogens is 7. The molecule has 3 heterocycles. The Hall–Kier alpha value is -5.08. The van der Waals surface area contributed by atoms with Crippen LogP contribution < -0.4 is 16.6 Å². The van der Waals surface area contributed by atoms with Crippen LogP contribution in [0.3, 0.4) is 0 Å². The number of hydrogen-bond acceptors (Lipinski definition) is 9. The zero-order valence-electron chi connectivity index (χ0n) is 21.9. The first kappa shape index (κ1) is 25.6. The van der Waals surface area contributed by atoms with E-state index in [9.17, 15) is 9.90 Å². The van der Waals surface area contributed by atoms with Crippen LogP contribution in [0.1, 0.15) is 38.2 Å². The van der Waals surface area contributed by atoms with Crippen LogP contribution in [0.4, 0.5) is 11.5 Å². The molecule has 0 spiro atoms. The Morgan fingerprint density at radius 1 is 1.10 bits per heavy atom. The number of nitrogens with two attached hydrogens (primary N) is 1. The van der Waals surface area contributed by atoms with Crippen molar-refractivity contribution in [1.29, 1.82) is 0 Å². The highest BCUT2D eigenvalue weighted by molar-refractivity contribution is 5.85. The van der Waals surface area contributed by atoms with Gasteiger partial charge in [0.25, 0.3) is 5.56 Å². The molecule has 196 valence electrons. The van der Waals surface area contributed by atoms with Crippen molar-refractivity contribution in [1.82, 2.24) is 34.7 Å². The van der Waals surface area contributed by atoms with Gasteiger partial charge in [-0.15, -0.1) is 10.2 Å². The van der Waals surface area contributed by atoms with Crippen LogP contribution in [0, 0.1) is 11.8 Å². The van der Waals surface area contributed by atoms with E-state index in [1.54, 1.807) is 55.9 Å². The second-order valence-electron chi connectivity index (χ2n) is 9.55. The quantitative estimate of drug-likeness (QED) is 0.297. The van der Waals surface area contributed by atoms with Crippen molar-refractivity contribution in [2.24, 2.45) is 7.05 Å². The highest BCUT2D eigenvalue weighted by Crippen LogP contribution is 2.31. The molecule has 11 heteroatoms. The number of aliphatic hydroxyl groups is 1. The summed E-state index contributed by atoms with van der Waals surface area (Å²) in [6.07, 6.45) is 1.58. The molecule has 11 nitrogen and oxygen atoms in total. The topological polar surface area (TPSA) is 150 Å². The van der Waals surface area contributed by atoms with Gasteiger partial charge >= 0.3 is 0 Å². The molecule has 0 fully saturated rings. The third-order valence-corrected chi connectivity index (χ3v) is 5.90. The number of hydrogen-bond donors (Lipinski definition) is 3. The van der Waals surface area contributed by atoms with Gasteiger partial charge < -0.3 is 16.2 Å². The first-order valence-electron chi connectivity index (χ1n) is 12.2. The molecule has 39 heavy (non-hydrogen) atoms. The van der Waals surface area contributed by atoms with Crippen molar-refractivity contribution < 1.29 is 5.11 Å². The van der Waals surface area contributed by atoms with Crippen LogP contribution in [0.25, 0.3) is 28.0 Å². The summed E-state index contributed by atoms with van der Waals surface area (Å²) in [7, 11) is 1.66. The first-order valence-corrected chi connectivity index (χ1v) is 12.2. The number of fused-ring (bicyclic) bond motifs is 1. The largest absolute Gasteiger partial charge is 0.398 e. The van der Waals surface area contributed by atoms with Crippen LogP contribution in [0.15, 0.2) is 65.6 Å². The number of nitrogens with zero attached hydrogens (tertiary/aromatic N) is 7. The lowest BCUT2D eigenvalue weighted by molar-refractivity contribution is 0.143. The minimum Gasteiger partial charge on any atom is -0.398 e. The second kappa shape index (κ2) is 10.00. The maximum Gasteiger partial charge on any atom is 0.267 e. The monoisotopic (exact) mass is 521 g/mol. The van der Waals surface area contributed by atoms with Gasteiger partial charge in [0.1, 0.15) is 17.2 Å². The van der Waals surface area contributed by atoms with Gasteiger partial charge in [-0.25, -0.2) is 9.97 Å².